The van der Waals surface area contributed by atoms with Gasteiger partial charge in [0.05, 0.1) is 16.3 Å². The zero-order valence-corrected chi connectivity index (χ0v) is 15.7. The first kappa shape index (κ1) is 18.7. The van der Waals surface area contributed by atoms with Crippen LogP contribution in [0.1, 0.15) is 23.2 Å². The van der Waals surface area contributed by atoms with Crippen molar-refractivity contribution >= 4 is 23.2 Å². The molecule has 0 atom stereocenters. The maximum atomic E-state index is 11.9. The van der Waals surface area contributed by atoms with E-state index < -0.39 is 0 Å². The second-order valence-electron chi connectivity index (χ2n) is 6.48. The molecule has 0 spiro atoms. The first-order chi connectivity index (χ1) is 12.7. The zero-order valence-electron chi connectivity index (χ0n) is 14.9. The molecule has 1 amide bonds. The molecular weight excluding hydrogens is 348 g/mol. The summed E-state index contributed by atoms with van der Waals surface area (Å²) < 4.78 is 0. The van der Waals surface area contributed by atoms with Crippen LogP contribution in [-0.4, -0.2) is 55.1 Å². The second kappa shape index (κ2) is 9.55. The normalized spacial score (nSPS) is 15.0. The van der Waals surface area contributed by atoms with Gasteiger partial charge in [-0.05, 0) is 43.7 Å². The highest BCUT2D eigenvalue weighted by Gasteiger charge is 2.18. The van der Waals surface area contributed by atoms with E-state index in [0.29, 0.717) is 12.1 Å². The lowest BCUT2D eigenvalue weighted by atomic mass is 10.2. The standard InChI is InChI=1S/C20H25ClN4O/c21-18-7-1-2-8-19(18)25-14-12-24(13-15-25)11-4-3-10-23-20(26)17-6-5-9-22-16-17/h1-2,5-9,16H,3-4,10-15H2,(H,23,26). The van der Waals surface area contributed by atoms with Gasteiger partial charge in [0.2, 0.25) is 0 Å². The number of hydrogen-bond donors (Lipinski definition) is 1. The quantitative estimate of drug-likeness (QED) is 0.759. The fraction of sp³-hybridized carbons (Fsp3) is 0.400. The zero-order chi connectivity index (χ0) is 18.2. The lowest BCUT2D eigenvalue weighted by molar-refractivity contribution is 0.0952. The summed E-state index contributed by atoms with van der Waals surface area (Å²) in [6.07, 6.45) is 5.33. The summed E-state index contributed by atoms with van der Waals surface area (Å²) in [5, 5.41) is 3.78. The Labute approximate surface area is 160 Å². The molecule has 1 aromatic heterocycles. The van der Waals surface area contributed by atoms with Crippen LogP contribution in [0.4, 0.5) is 5.69 Å². The highest BCUT2D eigenvalue weighted by atomic mass is 35.5. The van der Waals surface area contributed by atoms with Gasteiger partial charge in [-0.25, -0.2) is 0 Å². The molecule has 6 heteroatoms. The minimum atomic E-state index is -0.0496. The molecule has 1 aliphatic rings. The number of hydrogen-bond acceptors (Lipinski definition) is 4. The molecule has 3 rings (SSSR count). The summed E-state index contributed by atoms with van der Waals surface area (Å²) in [6, 6.07) is 11.6. The van der Waals surface area contributed by atoms with Gasteiger partial charge in [0.15, 0.2) is 0 Å². The highest BCUT2D eigenvalue weighted by molar-refractivity contribution is 6.33. The molecule has 1 aliphatic heterocycles. The maximum Gasteiger partial charge on any atom is 0.252 e. The molecular formula is C20H25ClN4O. The molecule has 1 aromatic carbocycles. The molecule has 0 aliphatic carbocycles. The van der Waals surface area contributed by atoms with Gasteiger partial charge >= 0.3 is 0 Å². The van der Waals surface area contributed by atoms with E-state index in [-0.39, 0.29) is 5.91 Å². The Morgan fingerprint density at radius 3 is 2.62 bits per heavy atom. The number of carbonyl (C=O) groups excluding carboxylic acids is 1. The molecule has 0 saturated carbocycles. The summed E-state index contributed by atoms with van der Waals surface area (Å²) in [6.45, 7) is 5.87. The van der Waals surface area contributed by atoms with Gasteiger partial charge in [-0.3, -0.25) is 14.7 Å². The van der Waals surface area contributed by atoms with E-state index in [1.807, 2.05) is 18.2 Å². The molecule has 5 nitrogen and oxygen atoms in total. The Bertz CT molecular complexity index is 702. The maximum absolute atomic E-state index is 11.9. The van der Waals surface area contributed by atoms with E-state index in [4.69, 9.17) is 11.6 Å². The van der Waals surface area contributed by atoms with Crippen molar-refractivity contribution < 1.29 is 4.79 Å². The van der Waals surface area contributed by atoms with Crippen LogP contribution in [0.25, 0.3) is 0 Å². The molecule has 1 N–H and O–H groups in total. The number of pyridine rings is 1. The number of nitrogens with one attached hydrogen (secondary N) is 1. The van der Waals surface area contributed by atoms with Crippen LogP contribution < -0.4 is 10.2 Å². The van der Waals surface area contributed by atoms with Crippen molar-refractivity contribution in [1.82, 2.24) is 15.2 Å². The third-order valence-corrected chi connectivity index (χ3v) is 5.00. The van der Waals surface area contributed by atoms with Crippen molar-refractivity contribution in [2.45, 2.75) is 12.8 Å². The van der Waals surface area contributed by atoms with E-state index in [9.17, 15) is 4.79 Å². The van der Waals surface area contributed by atoms with Gasteiger partial charge in [0.25, 0.3) is 5.91 Å². The van der Waals surface area contributed by atoms with E-state index in [1.165, 1.54) is 0 Å². The number of carbonyl (C=O) groups is 1. The fourth-order valence-electron chi connectivity index (χ4n) is 3.18. The van der Waals surface area contributed by atoms with Crippen molar-refractivity contribution in [3.05, 3.63) is 59.4 Å². The molecule has 2 aromatic rings. The first-order valence-corrected chi connectivity index (χ1v) is 9.52. The van der Waals surface area contributed by atoms with E-state index in [2.05, 4.69) is 26.2 Å². The number of halogens is 1. The third-order valence-electron chi connectivity index (χ3n) is 4.68. The molecule has 1 fully saturated rings. The van der Waals surface area contributed by atoms with Crippen LogP contribution in [0.5, 0.6) is 0 Å². The summed E-state index contributed by atoms with van der Waals surface area (Å²) in [5.41, 5.74) is 1.75. The van der Waals surface area contributed by atoms with Gasteiger partial charge in [-0.15, -0.1) is 0 Å². The summed E-state index contributed by atoms with van der Waals surface area (Å²) in [7, 11) is 0. The van der Waals surface area contributed by atoms with Crippen LogP contribution >= 0.6 is 11.6 Å². The summed E-state index contributed by atoms with van der Waals surface area (Å²) in [4.78, 5) is 20.7. The Morgan fingerprint density at radius 1 is 1.08 bits per heavy atom. The van der Waals surface area contributed by atoms with Crippen molar-refractivity contribution in [3.63, 3.8) is 0 Å². The largest absolute Gasteiger partial charge is 0.368 e. The monoisotopic (exact) mass is 372 g/mol. The number of anilines is 1. The Kier molecular flexibility index (Phi) is 6.86. The average Bonchev–Trinajstić information content (AvgIpc) is 2.69. The summed E-state index contributed by atoms with van der Waals surface area (Å²) >= 11 is 6.29. The van der Waals surface area contributed by atoms with Gasteiger partial charge in [-0.2, -0.15) is 0 Å². The first-order valence-electron chi connectivity index (χ1n) is 9.14. The molecule has 0 unspecified atom stereocenters. The number of nitrogens with zero attached hydrogens (tertiary/aromatic N) is 3. The lowest BCUT2D eigenvalue weighted by Gasteiger charge is -2.36. The van der Waals surface area contributed by atoms with Crippen molar-refractivity contribution in [3.8, 4) is 0 Å². The van der Waals surface area contributed by atoms with E-state index in [1.54, 1.807) is 24.5 Å². The molecule has 0 bridgehead atoms. The molecule has 0 radical (unpaired) electrons. The predicted molar refractivity (Wildman–Crippen MR) is 106 cm³/mol. The van der Waals surface area contributed by atoms with Crippen LogP contribution in [0, 0.1) is 0 Å². The molecule has 1 saturated heterocycles. The lowest BCUT2D eigenvalue weighted by Crippen LogP contribution is -2.46. The number of aromatic nitrogens is 1. The van der Waals surface area contributed by atoms with Gasteiger partial charge < -0.3 is 10.2 Å². The number of piperazine rings is 1. The minimum Gasteiger partial charge on any atom is -0.368 e. The summed E-state index contributed by atoms with van der Waals surface area (Å²) in [5.74, 6) is -0.0496. The van der Waals surface area contributed by atoms with Crippen molar-refractivity contribution in [2.75, 3.05) is 44.2 Å². The number of para-hydroxylation sites is 1. The van der Waals surface area contributed by atoms with Gasteiger partial charge in [0, 0.05) is 45.1 Å². The third kappa shape index (κ3) is 5.19. The predicted octanol–water partition coefficient (Wildman–Crippen LogP) is 3.07. The minimum absolute atomic E-state index is 0.0496. The number of benzene rings is 1. The Balaban J connectivity index is 1.31. The van der Waals surface area contributed by atoms with Gasteiger partial charge in [0.1, 0.15) is 0 Å². The smallest absolute Gasteiger partial charge is 0.252 e. The van der Waals surface area contributed by atoms with Crippen molar-refractivity contribution in [1.29, 1.82) is 0 Å². The number of unbranched alkanes of at least 4 members (excludes halogenated alkanes) is 1. The average molecular weight is 373 g/mol. The topological polar surface area (TPSA) is 48.5 Å². The number of rotatable bonds is 7. The van der Waals surface area contributed by atoms with Crippen LogP contribution in [0.2, 0.25) is 5.02 Å². The Morgan fingerprint density at radius 2 is 1.88 bits per heavy atom. The van der Waals surface area contributed by atoms with E-state index >= 15 is 0 Å². The van der Waals surface area contributed by atoms with Gasteiger partial charge in [-0.1, -0.05) is 23.7 Å². The fourth-order valence-corrected chi connectivity index (χ4v) is 3.44. The SMILES string of the molecule is O=C(NCCCCN1CCN(c2ccccc2Cl)CC1)c1cccnc1. The molecule has 138 valence electrons. The molecule has 26 heavy (non-hydrogen) atoms. The molecule has 2 heterocycles. The van der Waals surface area contributed by atoms with Crippen LogP contribution in [0.3, 0.4) is 0 Å². The van der Waals surface area contributed by atoms with Crippen molar-refractivity contribution in [2.24, 2.45) is 0 Å². The highest BCUT2D eigenvalue weighted by Crippen LogP contribution is 2.25. The van der Waals surface area contributed by atoms with E-state index in [0.717, 1.165) is 56.3 Å². The van der Waals surface area contributed by atoms with Crippen LogP contribution in [0.15, 0.2) is 48.8 Å². The number of amides is 1. The second-order valence-corrected chi connectivity index (χ2v) is 6.89. The van der Waals surface area contributed by atoms with Crippen LogP contribution in [-0.2, 0) is 0 Å². The Hall–Kier alpha value is -2.11.